The second-order valence-corrected chi connectivity index (χ2v) is 4.82. The maximum Gasteiger partial charge on any atom is 0.257 e. The molecule has 5 heteroatoms. The van der Waals surface area contributed by atoms with E-state index in [9.17, 15) is 4.79 Å². The summed E-state index contributed by atoms with van der Waals surface area (Å²) in [5, 5.41) is 0. The van der Waals surface area contributed by atoms with Crippen molar-refractivity contribution in [2.45, 2.75) is 25.9 Å². The largest absolute Gasteiger partial charge is 0.469 e. The van der Waals surface area contributed by atoms with Crippen LogP contribution >= 0.6 is 11.6 Å². The van der Waals surface area contributed by atoms with Crippen molar-refractivity contribution in [3.63, 3.8) is 0 Å². The monoisotopic (exact) mass is 271 g/mol. The van der Waals surface area contributed by atoms with Crippen molar-refractivity contribution in [1.29, 1.82) is 0 Å². The first-order chi connectivity index (χ1) is 8.72. The van der Waals surface area contributed by atoms with Gasteiger partial charge in [0.1, 0.15) is 5.76 Å². The maximum atomic E-state index is 12.2. The molecule has 0 unspecified atom stereocenters. The van der Waals surface area contributed by atoms with E-state index in [1.54, 1.807) is 12.3 Å². The van der Waals surface area contributed by atoms with Gasteiger partial charge in [0.05, 0.1) is 24.5 Å². The number of nitrogens with zero attached hydrogens (tertiary/aromatic N) is 1. The molecule has 1 fully saturated rings. The summed E-state index contributed by atoms with van der Waals surface area (Å²) >= 11 is 5.58. The molecule has 2 rings (SSSR count). The lowest BCUT2D eigenvalue weighted by Crippen LogP contribution is -2.41. The van der Waals surface area contributed by atoms with Crippen molar-refractivity contribution < 1.29 is 13.9 Å². The number of carbonyl (C=O) groups excluding carboxylic acids is 1. The minimum Gasteiger partial charge on any atom is -0.469 e. The van der Waals surface area contributed by atoms with E-state index in [1.807, 2.05) is 11.8 Å². The minimum atomic E-state index is 0.0528. The van der Waals surface area contributed by atoms with Gasteiger partial charge >= 0.3 is 0 Å². The maximum absolute atomic E-state index is 12.2. The fourth-order valence-corrected chi connectivity index (χ4v) is 2.30. The number of amides is 1. The molecule has 0 N–H and O–H groups in total. The van der Waals surface area contributed by atoms with Gasteiger partial charge in [0, 0.05) is 19.0 Å². The average molecular weight is 272 g/mol. The number of hydrogen-bond donors (Lipinski definition) is 0. The van der Waals surface area contributed by atoms with Crippen LogP contribution in [0, 0.1) is 6.92 Å². The summed E-state index contributed by atoms with van der Waals surface area (Å²) in [5.41, 5.74) is 0.662. The lowest BCUT2D eigenvalue weighted by atomic mass is 10.1. The first-order valence-corrected chi connectivity index (χ1v) is 6.76. The molecule has 1 aliphatic heterocycles. The van der Waals surface area contributed by atoms with Crippen LogP contribution in [-0.2, 0) is 4.74 Å². The molecule has 0 radical (unpaired) electrons. The third-order valence-electron chi connectivity index (χ3n) is 3.25. The Morgan fingerprint density at radius 2 is 2.28 bits per heavy atom. The molecule has 0 aliphatic carbocycles. The summed E-state index contributed by atoms with van der Waals surface area (Å²) < 4.78 is 10.8. The molecule has 1 amide bonds. The molecule has 100 valence electrons. The third-order valence-corrected chi connectivity index (χ3v) is 3.40. The van der Waals surface area contributed by atoms with Crippen LogP contribution in [0.1, 0.15) is 29.0 Å². The van der Waals surface area contributed by atoms with Crippen LogP contribution in [0.3, 0.4) is 0 Å². The first-order valence-electron chi connectivity index (χ1n) is 6.23. The van der Waals surface area contributed by atoms with Gasteiger partial charge in [-0.05, 0) is 25.8 Å². The zero-order chi connectivity index (χ0) is 13.0. The Hall–Kier alpha value is -1.00. The van der Waals surface area contributed by atoms with Crippen LogP contribution in [0.5, 0.6) is 0 Å². The van der Waals surface area contributed by atoms with Crippen LogP contribution in [0.2, 0.25) is 0 Å². The topological polar surface area (TPSA) is 42.7 Å². The number of rotatable bonds is 4. The lowest BCUT2D eigenvalue weighted by molar-refractivity contribution is 0.0153. The number of hydrogen-bond acceptors (Lipinski definition) is 3. The summed E-state index contributed by atoms with van der Waals surface area (Å²) in [6.07, 6.45) is 3.54. The molecule has 0 spiro atoms. The number of alkyl halides is 1. The van der Waals surface area contributed by atoms with E-state index in [0.29, 0.717) is 23.8 Å². The number of piperidine rings is 1. The van der Waals surface area contributed by atoms with E-state index >= 15 is 0 Å². The Morgan fingerprint density at radius 1 is 1.56 bits per heavy atom. The summed E-state index contributed by atoms with van der Waals surface area (Å²) in [6, 6.07) is 1.73. The molecule has 1 aromatic heterocycles. The van der Waals surface area contributed by atoms with Gasteiger partial charge in [-0.2, -0.15) is 0 Å². The van der Waals surface area contributed by atoms with Crippen molar-refractivity contribution in [2.24, 2.45) is 0 Å². The van der Waals surface area contributed by atoms with E-state index in [0.717, 1.165) is 25.9 Å². The molecule has 2 heterocycles. The van der Waals surface area contributed by atoms with E-state index < -0.39 is 0 Å². The number of carbonyl (C=O) groups is 1. The highest BCUT2D eigenvalue weighted by Crippen LogP contribution is 2.18. The molecular formula is C13H18ClNO3. The zero-order valence-corrected chi connectivity index (χ0v) is 11.3. The molecule has 1 aromatic rings. The summed E-state index contributed by atoms with van der Waals surface area (Å²) in [4.78, 5) is 14.1. The van der Waals surface area contributed by atoms with Gasteiger partial charge in [0.15, 0.2) is 0 Å². The Balaban J connectivity index is 1.86. The van der Waals surface area contributed by atoms with Crippen molar-refractivity contribution >= 4 is 17.5 Å². The van der Waals surface area contributed by atoms with Crippen LogP contribution in [-0.4, -0.2) is 42.5 Å². The number of ether oxygens (including phenoxy) is 1. The predicted molar refractivity (Wildman–Crippen MR) is 69.0 cm³/mol. The molecule has 0 bridgehead atoms. The van der Waals surface area contributed by atoms with Crippen molar-refractivity contribution in [3.8, 4) is 0 Å². The van der Waals surface area contributed by atoms with Gasteiger partial charge in [-0.25, -0.2) is 0 Å². The average Bonchev–Trinajstić information content (AvgIpc) is 2.82. The van der Waals surface area contributed by atoms with Crippen molar-refractivity contribution in [3.05, 3.63) is 23.7 Å². The highest BCUT2D eigenvalue weighted by atomic mass is 35.5. The van der Waals surface area contributed by atoms with Crippen LogP contribution < -0.4 is 0 Å². The summed E-state index contributed by atoms with van der Waals surface area (Å²) in [7, 11) is 0. The highest BCUT2D eigenvalue weighted by Gasteiger charge is 2.25. The molecule has 1 saturated heterocycles. The molecule has 0 aromatic carbocycles. The van der Waals surface area contributed by atoms with Gasteiger partial charge in [0.25, 0.3) is 5.91 Å². The Kier molecular flexibility index (Phi) is 4.66. The quantitative estimate of drug-likeness (QED) is 0.790. The zero-order valence-electron chi connectivity index (χ0n) is 10.5. The van der Waals surface area contributed by atoms with Crippen LogP contribution in [0.25, 0.3) is 0 Å². The third kappa shape index (κ3) is 3.06. The minimum absolute atomic E-state index is 0.0528. The predicted octanol–water partition coefficient (Wildman–Crippen LogP) is 2.45. The SMILES string of the molecule is Cc1occc1C(=O)N1CCC(OCCCl)CC1. The first kappa shape index (κ1) is 13.4. The van der Waals surface area contributed by atoms with Crippen molar-refractivity contribution in [1.82, 2.24) is 4.90 Å². The standard InChI is InChI=1S/C13H18ClNO3/c1-10-12(4-8-17-10)13(16)15-6-2-11(3-7-15)18-9-5-14/h4,8,11H,2-3,5-7,9H2,1H3. The summed E-state index contributed by atoms with van der Waals surface area (Å²) in [5.74, 6) is 1.26. The van der Waals surface area contributed by atoms with Gasteiger partial charge in [-0.3, -0.25) is 4.79 Å². The van der Waals surface area contributed by atoms with Crippen molar-refractivity contribution in [2.75, 3.05) is 25.6 Å². The normalized spacial score (nSPS) is 17.1. The molecule has 4 nitrogen and oxygen atoms in total. The smallest absolute Gasteiger partial charge is 0.257 e. The van der Waals surface area contributed by atoms with Crippen LogP contribution in [0.15, 0.2) is 16.7 Å². The van der Waals surface area contributed by atoms with Crippen LogP contribution in [0.4, 0.5) is 0 Å². The molecule has 18 heavy (non-hydrogen) atoms. The van der Waals surface area contributed by atoms with Gasteiger partial charge in [-0.15, -0.1) is 11.6 Å². The Bertz CT molecular complexity index is 397. The Labute approximate surface area is 112 Å². The molecule has 0 atom stereocenters. The Morgan fingerprint density at radius 3 is 2.83 bits per heavy atom. The fourth-order valence-electron chi connectivity index (χ4n) is 2.21. The number of furan rings is 1. The second-order valence-electron chi connectivity index (χ2n) is 4.44. The molecule has 1 aliphatic rings. The van der Waals surface area contributed by atoms with Gasteiger partial charge in [-0.1, -0.05) is 0 Å². The number of aryl methyl sites for hydroxylation is 1. The van der Waals surface area contributed by atoms with E-state index in [2.05, 4.69) is 0 Å². The number of halogens is 1. The highest BCUT2D eigenvalue weighted by molar-refractivity contribution is 6.17. The van der Waals surface area contributed by atoms with Gasteiger partial charge in [0.2, 0.25) is 0 Å². The second kappa shape index (κ2) is 6.25. The van der Waals surface area contributed by atoms with E-state index in [-0.39, 0.29) is 12.0 Å². The van der Waals surface area contributed by atoms with Gasteiger partial charge < -0.3 is 14.1 Å². The van der Waals surface area contributed by atoms with E-state index in [4.69, 9.17) is 20.8 Å². The fraction of sp³-hybridized carbons (Fsp3) is 0.615. The lowest BCUT2D eigenvalue weighted by Gasteiger charge is -2.31. The summed E-state index contributed by atoms with van der Waals surface area (Å²) in [6.45, 7) is 3.86. The molecule has 0 saturated carbocycles. The number of likely N-dealkylation sites (tertiary alicyclic amines) is 1. The molecular weight excluding hydrogens is 254 g/mol. The van der Waals surface area contributed by atoms with E-state index in [1.165, 1.54) is 0 Å².